The Bertz CT molecular complexity index is 764. The van der Waals surface area contributed by atoms with Crippen molar-refractivity contribution in [3.05, 3.63) is 35.4 Å². The van der Waals surface area contributed by atoms with Crippen molar-refractivity contribution in [3.63, 3.8) is 0 Å². The first-order valence-electron chi connectivity index (χ1n) is 10.1. The maximum absolute atomic E-state index is 14.4. The van der Waals surface area contributed by atoms with Crippen LogP contribution in [0.4, 0.5) is 8.78 Å². The van der Waals surface area contributed by atoms with Crippen molar-refractivity contribution < 1.29 is 23.1 Å². The molecule has 1 atom stereocenters. The van der Waals surface area contributed by atoms with Crippen LogP contribution >= 0.6 is 0 Å². The van der Waals surface area contributed by atoms with E-state index in [0.717, 1.165) is 25.0 Å². The normalized spacial score (nSPS) is 26.9. The van der Waals surface area contributed by atoms with E-state index >= 15 is 0 Å². The van der Waals surface area contributed by atoms with Gasteiger partial charge in [0.05, 0.1) is 12.2 Å². The Morgan fingerprint density at radius 1 is 1.28 bits per heavy atom. The number of carbonyl (C=O) groups excluding carboxylic acids is 2. The van der Waals surface area contributed by atoms with E-state index in [4.69, 9.17) is 4.74 Å². The van der Waals surface area contributed by atoms with Crippen LogP contribution in [0.2, 0.25) is 0 Å². The molecule has 8 heteroatoms. The molecule has 0 unspecified atom stereocenters. The van der Waals surface area contributed by atoms with Gasteiger partial charge in [0.15, 0.2) is 0 Å². The lowest BCUT2D eigenvalue weighted by Gasteiger charge is -2.43. The fraction of sp³-hybridized carbons (Fsp3) is 0.619. The standard InChI is InChI=1S/C21H29F2N3O3/c1-14-6-8-21(9-7-14)26(20(28)16-5-4-15(22)12-17(16)23)18(13-29-21)19(27)24-10-11-25(2)3/h4-5,12,14,18H,6-11,13H2,1-3H3,(H,24,27)/t14?,18-,21?/m0/s1. The molecule has 160 valence electrons. The minimum atomic E-state index is -0.937. The molecule has 3 rings (SSSR count). The van der Waals surface area contributed by atoms with E-state index in [1.54, 1.807) is 0 Å². The molecule has 1 heterocycles. The number of benzene rings is 1. The van der Waals surface area contributed by atoms with Gasteiger partial charge in [0.2, 0.25) is 5.91 Å². The maximum Gasteiger partial charge on any atom is 0.259 e. The molecule has 1 saturated heterocycles. The predicted octanol–water partition coefficient (Wildman–Crippen LogP) is 2.39. The quantitative estimate of drug-likeness (QED) is 0.811. The van der Waals surface area contributed by atoms with Crippen molar-refractivity contribution in [1.29, 1.82) is 0 Å². The molecule has 0 aromatic heterocycles. The van der Waals surface area contributed by atoms with Gasteiger partial charge in [0.1, 0.15) is 23.4 Å². The van der Waals surface area contributed by atoms with Crippen LogP contribution in [0.3, 0.4) is 0 Å². The fourth-order valence-corrected chi connectivity index (χ4v) is 4.09. The summed E-state index contributed by atoms with van der Waals surface area (Å²) in [7, 11) is 3.80. The van der Waals surface area contributed by atoms with Crippen molar-refractivity contribution in [1.82, 2.24) is 15.1 Å². The van der Waals surface area contributed by atoms with Crippen molar-refractivity contribution in [2.75, 3.05) is 33.8 Å². The van der Waals surface area contributed by atoms with E-state index in [0.29, 0.717) is 37.9 Å². The monoisotopic (exact) mass is 409 g/mol. The van der Waals surface area contributed by atoms with Crippen molar-refractivity contribution in [2.24, 2.45) is 5.92 Å². The van der Waals surface area contributed by atoms with Gasteiger partial charge < -0.3 is 15.0 Å². The summed E-state index contributed by atoms with van der Waals surface area (Å²) in [6.07, 6.45) is 2.88. The molecule has 1 aliphatic carbocycles. The first-order chi connectivity index (χ1) is 13.7. The molecule has 0 bridgehead atoms. The Labute approximate surface area is 170 Å². The van der Waals surface area contributed by atoms with Gasteiger partial charge in [-0.15, -0.1) is 0 Å². The molecule has 0 radical (unpaired) electrons. The van der Waals surface area contributed by atoms with Gasteiger partial charge in [0.25, 0.3) is 5.91 Å². The van der Waals surface area contributed by atoms with Crippen LogP contribution in [0.25, 0.3) is 0 Å². The second-order valence-corrected chi connectivity index (χ2v) is 8.35. The van der Waals surface area contributed by atoms with Gasteiger partial charge in [-0.3, -0.25) is 14.5 Å². The summed E-state index contributed by atoms with van der Waals surface area (Å²) >= 11 is 0. The van der Waals surface area contributed by atoms with Crippen LogP contribution in [-0.4, -0.2) is 67.2 Å². The van der Waals surface area contributed by atoms with Crippen LogP contribution in [-0.2, 0) is 9.53 Å². The smallest absolute Gasteiger partial charge is 0.259 e. The van der Waals surface area contributed by atoms with E-state index < -0.39 is 29.3 Å². The number of hydrogen-bond acceptors (Lipinski definition) is 4. The third kappa shape index (κ3) is 4.59. The largest absolute Gasteiger partial charge is 0.353 e. The molecule has 1 spiro atoms. The Balaban J connectivity index is 1.88. The number of amides is 2. The summed E-state index contributed by atoms with van der Waals surface area (Å²) in [6, 6.07) is 2.02. The van der Waals surface area contributed by atoms with Crippen molar-refractivity contribution >= 4 is 11.8 Å². The third-order valence-corrected chi connectivity index (χ3v) is 5.86. The van der Waals surface area contributed by atoms with Crippen LogP contribution in [0.5, 0.6) is 0 Å². The number of hydrogen-bond donors (Lipinski definition) is 1. The first kappa shape index (κ1) is 21.6. The SMILES string of the molecule is CC1CCC2(CC1)OC[C@@H](C(=O)NCCN(C)C)N2C(=O)c1ccc(F)cc1F. The summed E-state index contributed by atoms with van der Waals surface area (Å²) in [5.74, 6) is -2.15. The second-order valence-electron chi connectivity index (χ2n) is 8.35. The second kappa shape index (κ2) is 8.75. The van der Waals surface area contributed by atoms with Crippen LogP contribution in [0.1, 0.15) is 43.0 Å². The Morgan fingerprint density at radius 2 is 1.97 bits per heavy atom. The molecule has 6 nitrogen and oxygen atoms in total. The lowest BCUT2D eigenvalue weighted by atomic mass is 9.83. The van der Waals surface area contributed by atoms with Gasteiger partial charge >= 0.3 is 0 Å². The Morgan fingerprint density at radius 3 is 2.59 bits per heavy atom. The molecule has 29 heavy (non-hydrogen) atoms. The molecule has 1 aromatic rings. The number of rotatable bonds is 5. The summed E-state index contributed by atoms with van der Waals surface area (Å²) in [5, 5.41) is 2.84. The molecule has 1 aromatic carbocycles. The van der Waals surface area contributed by atoms with Gasteiger partial charge in [-0.1, -0.05) is 6.92 Å². The summed E-state index contributed by atoms with van der Waals surface area (Å²) < 4.78 is 33.7. The number of ether oxygens (including phenoxy) is 1. The molecule has 2 fully saturated rings. The van der Waals surface area contributed by atoms with Crippen LogP contribution in [0.15, 0.2) is 18.2 Å². The van der Waals surface area contributed by atoms with Crippen LogP contribution < -0.4 is 5.32 Å². The highest BCUT2D eigenvalue weighted by Crippen LogP contribution is 2.43. The predicted molar refractivity (Wildman–Crippen MR) is 104 cm³/mol. The average Bonchev–Trinajstić information content (AvgIpc) is 3.02. The molecule has 1 saturated carbocycles. The number of nitrogens with zero attached hydrogens (tertiary/aromatic N) is 2. The summed E-state index contributed by atoms with van der Waals surface area (Å²) in [6.45, 7) is 3.29. The van der Waals surface area contributed by atoms with Crippen molar-refractivity contribution in [3.8, 4) is 0 Å². The molecule has 1 N–H and O–H groups in total. The number of halogens is 2. The third-order valence-electron chi connectivity index (χ3n) is 5.86. The van der Waals surface area contributed by atoms with Crippen LogP contribution in [0, 0.1) is 17.6 Å². The first-order valence-corrected chi connectivity index (χ1v) is 10.1. The fourth-order valence-electron chi connectivity index (χ4n) is 4.09. The Kier molecular flexibility index (Phi) is 6.53. The molecule has 1 aliphatic heterocycles. The topological polar surface area (TPSA) is 61.9 Å². The molecular formula is C21H29F2N3O3. The minimum Gasteiger partial charge on any atom is -0.353 e. The molecule has 2 amide bonds. The Hall–Kier alpha value is -2.06. The van der Waals surface area contributed by atoms with Gasteiger partial charge in [0, 0.05) is 19.2 Å². The van der Waals surface area contributed by atoms with Gasteiger partial charge in [-0.05, 0) is 57.8 Å². The zero-order chi connectivity index (χ0) is 21.2. The van der Waals surface area contributed by atoms with E-state index in [-0.39, 0.29) is 18.1 Å². The number of nitrogens with one attached hydrogen (secondary N) is 1. The highest BCUT2D eigenvalue weighted by Gasteiger charge is 2.53. The van der Waals surface area contributed by atoms with E-state index in [1.165, 1.54) is 4.90 Å². The molecular weight excluding hydrogens is 380 g/mol. The van der Waals surface area contributed by atoms with E-state index in [1.807, 2.05) is 19.0 Å². The van der Waals surface area contributed by atoms with Gasteiger partial charge in [-0.2, -0.15) is 0 Å². The maximum atomic E-state index is 14.4. The number of likely N-dealkylation sites (N-methyl/N-ethyl adjacent to an activating group) is 1. The number of carbonyl (C=O) groups is 2. The summed E-state index contributed by atoms with van der Waals surface area (Å²) in [4.78, 5) is 29.5. The lowest BCUT2D eigenvalue weighted by Crippen LogP contribution is -2.57. The van der Waals surface area contributed by atoms with Gasteiger partial charge in [-0.25, -0.2) is 8.78 Å². The average molecular weight is 409 g/mol. The van der Waals surface area contributed by atoms with Crippen molar-refractivity contribution in [2.45, 2.75) is 44.4 Å². The highest BCUT2D eigenvalue weighted by molar-refractivity contribution is 5.98. The van der Waals surface area contributed by atoms with E-state index in [2.05, 4.69) is 12.2 Å². The zero-order valence-corrected chi connectivity index (χ0v) is 17.2. The minimum absolute atomic E-state index is 0.0662. The summed E-state index contributed by atoms with van der Waals surface area (Å²) in [5.41, 5.74) is -1.17. The highest BCUT2D eigenvalue weighted by atomic mass is 19.1. The molecule has 2 aliphatic rings. The zero-order valence-electron chi connectivity index (χ0n) is 17.2. The lowest BCUT2D eigenvalue weighted by molar-refractivity contribution is -0.127. The van der Waals surface area contributed by atoms with E-state index in [9.17, 15) is 18.4 Å².